The van der Waals surface area contributed by atoms with Gasteiger partial charge in [0.15, 0.2) is 5.60 Å². The Bertz CT molecular complexity index is 849. The smallest absolute Gasteiger partial charge is 0.266 e. The van der Waals surface area contributed by atoms with Gasteiger partial charge in [0.05, 0.1) is 0 Å². The van der Waals surface area contributed by atoms with Crippen molar-refractivity contribution in [1.29, 1.82) is 0 Å². The first-order valence-electron chi connectivity index (χ1n) is 8.87. The molecule has 2 aromatic carbocycles. The van der Waals surface area contributed by atoms with Gasteiger partial charge in [0, 0.05) is 23.8 Å². The van der Waals surface area contributed by atoms with Gasteiger partial charge in [-0.1, -0.05) is 35.4 Å². The van der Waals surface area contributed by atoms with E-state index in [4.69, 9.17) is 16.3 Å². The molecule has 0 spiro atoms. The number of hydrogen-bond donors (Lipinski definition) is 0. The Morgan fingerprint density at radius 3 is 2.44 bits per heavy atom. The first-order valence-corrected chi connectivity index (χ1v) is 9.25. The van der Waals surface area contributed by atoms with Gasteiger partial charge in [-0.15, -0.1) is 0 Å². The molecule has 1 saturated heterocycles. The molecule has 3 rings (SSSR count). The minimum absolute atomic E-state index is 0.0199. The van der Waals surface area contributed by atoms with E-state index in [0.29, 0.717) is 23.9 Å². The van der Waals surface area contributed by atoms with E-state index in [1.54, 1.807) is 41.8 Å². The van der Waals surface area contributed by atoms with Crippen LogP contribution in [0.15, 0.2) is 48.5 Å². The van der Waals surface area contributed by atoms with Gasteiger partial charge in [0.2, 0.25) is 5.91 Å². The Morgan fingerprint density at radius 1 is 1.11 bits per heavy atom. The Labute approximate surface area is 164 Å². The van der Waals surface area contributed by atoms with Crippen molar-refractivity contribution < 1.29 is 14.3 Å². The molecule has 0 aromatic heterocycles. The molecule has 142 valence electrons. The Balaban J connectivity index is 1.67. The normalized spacial score (nSPS) is 15.0. The molecule has 5 nitrogen and oxygen atoms in total. The van der Waals surface area contributed by atoms with Crippen molar-refractivity contribution in [3.05, 3.63) is 59.1 Å². The lowest BCUT2D eigenvalue weighted by atomic mass is 10.1. The summed E-state index contributed by atoms with van der Waals surface area (Å²) in [5.41, 5.74) is 0.803. The number of ether oxygens (including phenoxy) is 1. The van der Waals surface area contributed by atoms with Crippen LogP contribution in [0.5, 0.6) is 5.75 Å². The number of hydrogen-bond acceptors (Lipinski definition) is 3. The third kappa shape index (κ3) is 4.42. The molecule has 1 aliphatic heterocycles. The van der Waals surface area contributed by atoms with Crippen LogP contribution in [0.2, 0.25) is 5.02 Å². The van der Waals surface area contributed by atoms with Crippen molar-refractivity contribution >= 4 is 29.1 Å². The molecule has 0 bridgehead atoms. The predicted molar refractivity (Wildman–Crippen MR) is 106 cm³/mol. The average Bonchev–Trinajstić information content (AvgIpc) is 2.62. The van der Waals surface area contributed by atoms with Crippen LogP contribution in [0.1, 0.15) is 19.4 Å². The van der Waals surface area contributed by atoms with Crippen LogP contribution in [0.25, 0.3) is 0 Å². The summed E-state index contributed by atoms with van der Waals surface area (Å²) in [6.07, 6.45) is 0. The summed E-state index contributed by atoms with van der Waals surface area (Å²) in [6, 6.07) is 14.7. The minimum atomic E-state index is -1.06. The Hall–Kier alpha value is -2.53. The molecule has 2 amide bonds. The molecule has 0 unspecified atom stereocenters. The Morgan fingerprint density at radius 2 is 1.81 bits per heavy atom. The van der Waals surface area contributed by atoms with Crippen LogP contribution < -0.4 is 9.64 Å². The van der Waals surface area contributed by atoms with Crippen LogP contribution >= 0.6 is 11.6 Å². The first kappa shape index (κ1) is 19.2. The predicted octanol–water partition coefficient (Wildman–Crippen LogP) is 3.68. The van der Waals surface area contributed by atoms with Gasteiger partial charge in [-0.25, -0.2) is 0 Å². The summed E-state index contributed by atoms with van der Waals surface area (Å²) in [7, 11) is 0. The van der Waals surface area contributed by atoms with Crippen molar-refractivity contribution in [2.45, 2.75) is 26.4 Å². The molecular weight excluding hydrogens is 364 g/mol. The third-order valence-corrected chi connectivity index (χ3v) is 4.77. The third-order valence-electron chi connectivity index (χ3n) is 4.54. The number of carbonyl (C=O) groups excluding carboxylic acids is 2. The monoisotopic (exact) mass is 386 g/mol. The lowest BCUT2D eigenvalue weighted by Gasteiger charge is -2.38. The van der Waals surface area contributed by atoms with E-state index in [9.17, 15) is 9.59 Å². The highest BCUT2D eigenvalue weighted by atomic mass is 35.5. The molecule has 27 heavy (non-hydrogen) atoms. The van der Waals surface area contributed by atoms with E-state index >= 15 is 0 Å². The second kappa shape index (κ2) is 7.61. The maximum absolute atomic E-state index is 12.9. The number of rotatable bonds is 4. The van der Waals surface area contributed by atoms with E-state index < -0.39 is 5.60 Å². The fourth-order valence-corrected chi connectivity index (χ4v) is 3.27. The van der Waals surface area contributed by atoms with Gasteiger partial charge in [-0.05, 0) is 51.1 Å². The van der Waals surface area contributed by atoms with Crippen LogP contribution in [0.4, 0.5) is 5.69 Å². The van der Waals surface area contributed by atoms with Crippen LogP contribution in [-0.2, 0) is 9.59 Å². The van der Waals surface area contributed by atoms with E-state index in [2.05, 4.69) is 0 Å². The van der Waals surface area contributed by atoms with Crippen molar-refractivity contribution in [3.63, 3.8) is 0 Å². The average molecular weight is 387 g/mol. The number of halogens is 1. The van der Waals surface area contributed by atoms with E-state index in [1.165, 1.54) is 0 Å². The summed E-state index contributed by atoms with van der Waals surface area (Å²) in [5, 5.41) is 0.575. The lowest BCUT2D eigenvalue weighted by molar-refractivity contribution is -0.148. The molecule has 0 aliphatic carbocycles. The molecular formula is C21H23ClN2O3. The SMILES string of the molecule is Cc1ccc(OC(C)(C)C(=O)N2CCN(c3cccc(Cl)c3)C(=O)C2)cc1. The zero-order chi connectivity index (χ0) is 19.6. The van der Waals surface area contributed by atoms with Crippen LogP contribution in [0, 0.1) is 6.92 Å². The zero-order valence-electron chi connectivity index (χ0n) is 15.7. The van der Waals surface area contributed by atoms with Crippen molar-refractivity contribution in [2.24, 2.45) is 0 Å². The summed E-state index contributed by atoms with van der Waals surface area (Å²) < 4.78 is 5.90. The van der Waals surface area contributed by atoms with Gasteiger partial charge < -0.3 is 14.5 Å². The summed E-state index contributed by atoms with van der Waals surface area (Å²) in [5.74, 6) is 0.285. The molecule has 1 aliphatic rings. The second-order valence-corrected chi connectivity index (χ2v) is 7.61. The zero-order valence-corrected chi connectivity index (χ0v) is 16.5. The highest BCUT2D eigenvalue weighted by Gasteiger charge is 2.38. The number of anilines is 1. The largest absolute Gasteiger partial charge is 0.478 e. The molecule has 1 heterocycles. The number of carbonyl (C=O) groups is 2. The fourth-order valence-electron chi connectivity index (χ4n) is 3.09. The number of nitrogens with zero attached hydrogens (tertiary/aromatic N) is 2. The molecule has 6 heteroatoms. The quantitative estimate of drug-likeness (QED) is 0.805. The molecule has 2 aromatic rings. The topological polar surface area (TPSA) is 49.9 Å². The first-order chi connectivity index (χ1) is 12.8. The number of aryl methyl sites for hydroxylation is 1. The maximum atomic E-state index is 12.9. The van der Waals surface area contributed by atoms with Gasteiger partial charge in [0.1, 0.15) is 12.3 Å². The highest BCUT2D eigenvalue weighted by Crippen LogP contribution is 2.24. The van der Waals surface area contributed by atoms with Crippen molar-refractivity contribution in [3.8, 4) is 5.75 Å². The van der Waals surface area contributed by atoms with Gasteiger partial charge in [-0.3, -0.25) is 9.59 Å². The van der Waals surface area contributed by atoms with Gasteiger partial charge in [0.25, 0.3) is 5.91 Å². The van der Waals surface area contributed by atoms with E-state index in [-0.39, 0.29) is 18.4 Å². The Kier molecular flexibility index (Phi) is 5.42. The fraction of sp³-hybridized carbons (Fsp3) is 0.333. The number of piperazine rings is 1. The number of benzene rings is 2. The summed E-state index contributed by atoms with van der Waals surface area (Å²) in [6.45, 7) is 6.33. The molecule has 0 N–H and O–H groups in total. The maximum Gasteiger partial charge on any atom is 0.266 e. The summed E-state index contributed by atoms with van der Waals surface area (Å²) >= 11 is 6.02. The lowest BCUT2D eigenvalue weighted by Crippen LogP contribution is -2.58. The van der Waals surface area contributed by atoms with Gasteiger partial charge in [-0.2, -0.15) is 0 Å². The van der Waals surface area contributed by atoms with Crippen molar-refractivity contribution in [1.82, 2.24) is 4.90 Å². The van der Waals surface area contributed by atoms with E-state index in [0.717, 1.165) is 11.3 Å². The summed E-state index contributed by atoms with van der Waals surface area (Å²) in [4.78, 5) is 28.7. The molecule has 0 atom stereocenters. The van der Waals surface area contributed by atoms with E-state index in [1.807, 2.05) is 37.3 Å². The highest BCUT2D eigenvalue weighted by molar-refractivity contribution is 6.30. The van der Waals surface area contributed by atoms with Crippen LogP contribution in [0.3, 0.4) is 0 Å². The molecule has 0 saturated carbocycles. The standard InChI is InChI=1S/C21H23ClN2O3/c1-15-7-9-18(10-8-15)27-21(2,3)20(26)23-11-12-24(19(25)14-23)17-6-4-5-16(22)13-17/h4-10,13H,11-12,14H2,1-3H3. The van der Waals surface area contributed by atoms with Gasteiger partial charge >= 0.3 is 0 Å². The second-order valence-electron chi connectivity index (χ2n) is 7.18. The molecule has 0 radical (unpaired) electrons. The van der Waals surface area contributed by atoms with Crippen LogP contribution in [-0.4, -0.2) is 41.9 Å². The number of amides is 2. The molecule has 1 fully saturated rings. The minimum Gasteiger partial charge on any atom is -0.478 e. The van der Waals surface area contributed by atoms with Crippen molar-refractivity contribution in [2.75, 3.05) is 24.5 Å².